The van der Waals surface area contributed by atoms with Crippen LogP contribution in [0, 0.1) is 12.8 Å². The summed E-state index contributed by atoms with van der Waals surface area (Å²) in [6, 6.07) is 7.95. The second kappa shape index (κ2) is 11.2. The second-order valence-corrected chi connectivity index (χ2v) is 9.61. The maximum atomic E-state index is 12.4. The maximum Gasteiger partial charge on any atom is 0.311 e. The van der Waals surface area contributed by atoms with E-state index in [1.807, 2.05) is 31.2 Å². The Morgan fingerprint density at radius 1 is 1.17 bits per heavy atom. The van der Waals surface area contributed by atoms with E-state index < -0.39 is 12.0 Å². The number of aryl methyl sites for hydroxylation is 3. The summed E-state index contributed by atoms with van der Waals surface area (Å²) in [7, 11) is 3.42. The number of esters is 1. The van der Waals surface area contributed by atoms with Gasteiger partial charge in [0, 0.05) is 31.5 Å². The van der Waals surface area contributed by atoms with Gasteiger partial charge in [0.15, 0.2) is 0 Å². The molecule has 190 valence electrons. The largest absolute Gasteiger partial charge is 0.463 e. The lowest BCUT2D eigenvalue weighted by Gasteiger charge is -2.20. The lowest BCUT2D eigenvalue weighted by atomic mass is 9.95. The minimum Gasteiger partial charge on any atom is -0.463 e. The summed E-state index contributed by atoms with van der Waals surface area (Å²) in [5.41, 5.74) is 4.29. The predicted octanol–water partition coefficient (Wildman–Crippen LogP) is 3.63. The van der Waals surface area contributed by atoms with Crippen molar-refractivity contribution in [3.05, 3.63) is 51.9 Å². The first-order chi connectivity index (χ1) is 16.5. The third-order valence-corrected chi connectivity index (χ3v) is 6.26. The van der Waals surface area contributed by atoms with Gasteiger partial charge >= 0.3 is 5.97 Å². The molecule has 8 heteroatoms. The van der Waals surface area contributed by atoms with Gasteiger partial charge in [-0.1, -0.05) is 6.07 Å². The van der Waals surface area contributed by atoms with Crippen molar-refractivity contribution >= 4 is 17.0 Å². The molecule has 0 amide bonds. The molecule has 1 N–H and O–H groups in total. The summed E-state index contributed by atoms with van der Waals surface area (Å²) in [4.78, 5) is 29.6. The van der Waals surface area contributed by atoms with Crippen LogP contribution >= 0.6 is 0 Å². The molecule has 2 heterocycles. The van der Waals surface area contributed by atoms with Crippen LogP contribution in [0.1, 0.15) is 45.2 Å². The highest BCUT2D eigenvalue weighted by Crippen LogP contribution is 2.27. The van der Waals surface area contributed by atoms with Crippen molar-refractivity contribution in [3.63, 3.8) is 0 Å². The number of carbonyl (C=O) groups is 1. The molecule has 0 fully saturated rings. The quantitative estimate of drug-likeness (QED) is 0.443. The van der Waals surface area contributed by atoms with Gasteiger partial charge in [0.1, 0.15) is 5.82 Å². The van der Waals surface area contributed by atoms with E-state index >= 15 is 0 Å². The highest BCUT2D eigenvalue weighted by Gasteiger charge is 2.26. The zero-order chi connectivity index (χ0) is 25.9. The summed E-state index contributed by atoms with van der Waals surface area (Å²) < 4.78 is 14.5. The van der Waals surface area contributed by atoms with Crippen molar-refractivity contribution < 1.29 is 19.4 Å². The molecule has 3 aromatic rings. The Hall–Kier alpha value is -2.97. The number of benzene rings is 1. The lowest BCUT2D eigenvalue weighted by molar-refractivity contribution is -0.156. The minimum atomic E-state index is -0.792. The normalized spacial score (nSPS) is 14.3. The van der Waals surface area contributed by atoms with Crippen molar-refractivity contribution in [1.29, 1.82) is 0 Å². The predicted molar refractivity (Wildman–Crippen MR) is 136 cm³/mol. The monoisotopic (exact) mass is 483 g/mol. The van der Waals surface area contributed by atoms with Crippen LogP contribution in [0.3, 0.4) is 0 Å². The Kier molecular flexibility index (Phi) is 8.51. The van der Waals surface area contributed by atoms with Crippen molar-refractivity contribution in [2.75, 3.05) is 7.11 Å². The SMILES string of the molecule is COC(C)Cn1c(-c2cc(C)c(=O)n(C)c2)nc2cc(CC[C@H](C(=O)OC(C)C)[C@@H](C)O)ccc21. The molecule has 8 nitrogen and oxygen atoms in total. The van der Waals surface area contributed by atoms with Gasteiger partial charge in [0.2, 0.25) is 0 Å². The third-order valence-electron chi connectivity index (χ3n) is 6.26. The fourth-order valence-electron chi connectivity index (χ4n) is 4.27. The Morgan fingerprint density at radius 2 is 1.89 bits per heavy atom. The molecule has 1 aromatic carbocycles. The first-order valence-corrected chi connectivity index (χ1v) is 12.1. The summed E-state index contributed by atoms with van der Waals surface area (Å²) in [5, 5.41) is 10.1. The molecule has 2 aromatic heterocycles. The minimum absolute atomic E-state index is 0.0294. The van der Waals surface area contributed by atoms with Crippen LogP contribution in [-0.4, -0.2) is 50.6 Å². The number of pyridine rings is 1. The Bertz CT molecular complexity index is 1220. The Morgan fingerprint density at radius 3 is 2.49 bits per heavy atom. The summed E-state index contributed by atoms with van der Waals surface area (Å²) in [6.07, 6.45) is 1.84. The number of nitrogens with zero attached hydrogens (tertiary/aromatic N) is 3. The smallest absolute Gasteiger partial charge is 0.311 e. The average Bonchev–Trinajstić information content (AvgIpc) is 3.13. The van der Waals surface area contributed by atoms with Gasteiger partial charge in [-0.05, 0) is 71.2 Å². The molecule has 35 heavy (non-hydrogen) atoms. The van der Waals surface area contributed by atoms with Crippen molar-refractivity contribution in [2.45, 2.75) is 72.3 Å². The van der Waals surface area contributed by atoms with Gasteiger partial charge in [-0.15, -0.1) is 0 Å². The first-order valence-electron chi connectivity index (χ1n) is 12.1. The van der Waals surface area contributed by atoms with E-state index in [4.69, 9.17) is 14.5 Å². The van der Waals surface area contributed by atoms with Crippen molar-refractivity contribution in [3.8, 4) is 11.4 Å². The molecule has 0 saturated heterocycles. The lowest BCUT2D eigenvalue weighted by Crippen LogP contribution is -2.30. The zero-order valence-electron chi connectivity index (χ0n) is 21.7. The molecule has 0 bridgehead atoms. The van der Waals surface area contributed by atoms with Crippen LogP contribution in [0.4, 0.5) is 0 Å². The zero-order valence-corrected chi connectivity index (χ0v) is 21.7. The maximum absolute atomic E-state index is 12.4. The molecule has 0 aliphatic carbocycles. The number of ether oxygens (including phenoxy) is 2. The number of aliphatic hydroxyl groups excluding tert-OH is 1. The van der Waals surface area contributed by atoms with Gasteiger partial charge in [0.05, 0.1) is 41.8 Å². The highest BCUT2D eigenvalue weighted by molar-refractivity contribution is 5.81. The van der Waals surface area contributed by atoms with Gasteiger partial charge in [0.25, 0.3) is 5.56 Å². The number of imidazole rings is 1. The average molecular weight is 484 g/mol. The molecule has 0 aliphatic rings. The molecular weight excluding hydrogens is 446 g/mol. The number of rotatable bonds is 10. The Labute approximate surface area is 206 Å². The van der Waals surface area contributed by atoms with Crippen LogP contribution in [0.5, 0.6) is 0 Å². The van der Waals surface area contributed by atoms with Gasteiger partial charge in [-0.2, -0.15) is 0 Å². The highest BCUT2D eigenvalue weighted by atomic mass is 16.5. The van der Waals surface area contributed by atoms with Crippen LogP contribution < -0.4 is 5.56 Å². The molecule has 0 aliphatic heterocycles. The molecule has 0 spiro atoms. The van der Waals surface area contributed by atoms with Crippen LogP contribution in [0.15, 0.2) is 35.3 Å². The number of aliphatic hydroxyl groups is 1. The van der Waals surface area contributed by atoms with Gasteiger partial charge in [-0.3, -0.25) is 9.59 Å². The molecular formula is C27H37N3O5. The van der Waals surface area contributed by atoms with Gasteiger partial charge in [-0.25, -0.2) is 4.98 Å². The third kappa shape index (κ3) is 6.18. The van der Waals surface area contributed by atoms with Crippen LogP contribution in [-0.2, 0) is 34.3 Å². The number of methoxy groups -OCH3 is 1. The van der Waals surface area contributed by atoms with E-state index in [9.17, 15) is 14.7 Å². The second-order valence-electron chi connectivity index (χ2n) is 9.61. The fraction of sp³-hybridized carbons (Fsp3) is 0.519. The molecule has 3 rings (SSSR count). The fourth-order valence-corrected chi connectivity index (χ4v) is 4.27. The molecule has 1 unspecified atom stereocenters. The van der Waals surface area contributed by atoms with E-state index in [1.165, 1.54) is 0 Å². The van der Waals surface area contributed by atoms with E-state index in [0.717, 1.165) is 28.0 Å². The first kappa shape index (κ1) is 26.6. The number of carbonyl (C=O) groups excluding carboxylic acids is 1. The Balaban J connectivity index is 1.98. The number of aromatic nitrogens is 3. The molecule has 0 saturated carbocycles. The number of hydrogen-bond acceptors (Lipinski definition) is 6. The van der Waals surface area contributed by atoms with E-state index in [0.29, 0.717) is 24.9 Å². The van der Waals surface area contributed by atoms with Crippen LogP contribution in [0.2, 0.25) is 0 Å². The standard InChI is InChI=1S/C27H37N3O5/c1-16(2)35-27(33)22(19(5)31)10-8-20-9-11-24-23(13-20)28-25(30(24)14-18(4)34-7)21-12-17(3)26(32)29(6)15-21/h9,11-13,15-16,18-19,22,31H,8,10,14H2,1-7H3/t18?,19-,22+/m1/s1. The van der Waals surface area contributed by atoms with Crippen molar-refractivity contribution in [1.82, 2.24) is 14.1 Å². The molecule has 3 atom stereocenters. The van der Waals surface area contributed by atoms with E-state index in [-0.39, 0.29) is 23.7 Å². The summed E-state index contributed by atoms with van der Waals surface area (Å²) in [6.45, 7) is 9.63. The van der Waals surface area contributed by atoms with Gasteiger partial charge < -0.3 is 23.7 Å². The van der Waals surface area contributed by atoms with E-state index in [2.05, 4.69) is 4.57 Å². The van der Waals surface area contributed by atoms with Crippen molar-refractivity contribution in [2.24, 2.45) is 13.0 Å². The molecule has 0 radical (unpaired) electrons. The number of fused-ring (bicyclic) bond motifs is 1. The summed E-state index contributed by atoms with van der Waals surface area (Å²) in [5.74, 6) is -0.194. The number of hydrogen-bond donors (Lipinski definition) is 1. The van der Waals surface area contributed by atoms with E-state index in [1.54, 1.807) is 52.6 Å². The van der Waals surface area contributed by atoms with Crippen LogP contribution in [0.25, 0.3) is 22.4 Å². The summed E-state index contributed by atoms with van der Waals surface area (Å²) >= 11 is 0. The topological polar surface area (TPSA) is 95.6 Å².